The van der Waals surface area contributed by atoms with Crippen LogP contribution in [0.4, 0.5) is 30.2 Å². The van der Waals surface area contributed by atoms with Gasteiger partial charge in [-0.05, 0) is 180 Å². The number of ketones is 3. The van der Waals surface area contributed by atoms with E-state index in [1.165, 1.54) is 76.0 Å². The zero-order valence-electron chi connectivity index (χ0n) is 71.0. The maximum absolute atomic E-state index is 13.7. The molecule has 6 N–H and O–H groups in total. The van der Waals surface area contributed by atoms with Gasteiger partial charge in [0.2, 0.25) is 5.24 Å². The fourth-order valence-electron chi connectivity index (χ4n) is 15.6. The lowest BCUT2D eigenvalue weighted by Gasteiger charge is -2.32. The summed E-state index contributed by atoms with van der Waals surface area (Å²) in [5, 5.41) is 22.3. The van der Waals surface area contributed by atoms with Crippen molar-refractivity contribution in [2.75, 3.05) is 56.9 Å². The number of aromatic amines is 3. The van der Waals surface area contributed by atoms with Crippen molar-refractivity contribution in [2.24, 2.45) is 0 Å². The molecule has 9 heterocycles. The minimum atomic E-state index is -0.509. The van der Waals surface area contributed by atoms with Gasteiger partial charge in [-0.25, -0.2) is 13.2 Å². The van der Waals surface area contributed by atoms with E-state index in [9.17, 15) is 61.1 Å². The predicted molar refractivity (Wildman–Crippen MR) is 476 cm³/mol. The molecular formula is C96H93ClF3N15O13. The molecule has 12 aromatic rings. The number of halogens is 4. The first kappa shape index (κ1) is 91.9. The highest BCUT2D eigenvalue weighted by Gasteiger charge is 2.39. The van der Waals surface area contributed by atoms with E-state index in [1.54, 1.807) is 175 Å². The summed E-state index contributed by atoms with van der Waals surface area (Å²) in [5.74, 6) is -2.22. The van der Waals surface area contributed by atoms with Crippen LogP contribution in [0.3, 0.4) is 0 Å². The summed E-state index contributed by atoms with van der Waals surface area (Å²) in [6.07, 6.45) is 10.1. The van der Waals surface area contributed by atoms with E-state index in [-0.39, 0.29) is 126 Å². The number of ether oxygens (including phenoxy) is 3. The van der Waals surface area contributed by atoms with Crippen LogP contribution in [0, 0.1) is 17.5 Å². The number of carbonyl (C=O) groups excluding carboxylic acids is 10. The number of anilines is 3. The summed E-state index contributed by atoms with van der Waals surface area (Å²) >= 11 is 4.71. The molecule has 3 atom stereocenters. The molecule has 0 saturated heterocycles. The molecular weight excluding hydrogens is 1660 g/mol. The topological polar surface area (TPSA) is 345 Å². The van der Waals surface area contributed by atoms with E-state index in [0.29, 0.717) is 124 Å². The fraction of sp³-hybridized carbons (Fsp3) is 0.219. The zero-order valence-corrected chi connectivity index (χ0v) is 71.8. The third kappa shape index (κ3) is 22.3. The Labute approximate surface area is 740 Å². The van der Waals surface area contributed by atoms with Crippen LogP contribution in [0.2, 0.25) is 0 Å². The highest BCUT2D eigenvalue weighted by Crippen LogP contribution is 2.38. The number of hydrogen-bond donors (Lipinski definition) is 6. The first-order valence-corrected chi connectivity index (χ1v) is 41.0. The monoisotopic (exact) mass is 1760 g/mol. The minimum absolute atomic E-state index is 0.0748. The fourth-order valence-corrected chi connectivity index (χ4v) is 15.6. The first-order valence-electron chi connectivity index (χ1n) is 40.6. The van der Waals surface area contributed by atoms with Gasteiger partial charge in [-0.2, -0.15) is 15.3 Å². The number of H-pyrrole nitrogens is 3. The number of amides is 6. The predicted octanol–water partition coefficient (Wildman–Crippen LogP) is 15.1. The van der Waals surface area contributed by atoms with Crippen molar-refractivity contribution in [3.63, 3.8) is 0 Å². The molecule has 3 aliphatic rings. The Kier molecular flexibility index (Phi) is 30.1. The van der Waals surface area contributed by atoms with E-state index in [4.69, 9.17) is 41.1 Å². The van der Waals surface area contributed by atoms with Crippen molar-refractivity contribution >= 4 is 86.7 Å². The summed E-state index contributed by atoms with van der Waals surface area (Å²) in [4.78, 5) is 140. The van der Waals surface area contributed by atoms with Gasteiger partial charge in [0, 0.05) is 143 Å². The molecule has 0 aliphatic carbocycles. The Morgan fingerprint density at radius 3 is 0.883 bits per heavy atom. The molecule has 3 aliphatic heterocycles. The SMILES string of the molecule is C=CC(=O)Cc1cc(NC(=O)c2nn(Cc3ccc(F)cc3)c3c2CN(C(=O)c2ccc[nH]2)CC3C)ccc1OC.C=CC(=O)Cc1cc(NC(=O)c2nn(Cc3ccc(F)cc3)c3c2CN(C(=O)c2ccc[nH]2)C[C@@H]3C)ccc1OC.C=CC(=O)Cc1cc(NC(=O)c2nn(Cc3ccc(F)cc3)c3c2CN(C(=O)c2ccc[nH]2)C[C@H]3C)ccc1OC.C=CC(=O)Cl. The standard InChI is InChI=1S/3C31H30FN5O4.C3H3ClO/c3*1-4-24(38)15-21-14-23(11-12-27(21)41-3)34-30(39)28-25-18-36(31(40)26-6-5-13-33-26)16-19(2)29(25)37(35-28)17-20-7-9-22(32)10-8-20;1-2-3(4)5/h3*4-14,19,33H,1,15-18H2,2-3H3,(H,34,39);2H,1H2/t2*19-;;/m10../s1. The van der Waals surface area contributed by atoms with Crippen molar-refractivity contribution in [2.45, 2.75) is 97.1 Å². The second-order valence-electron chi connectivity index (χ2n) is 30.5. The minimum Gasteiger partial charge on any atom is -0.496 e. The van der Waals surface area contributed by atoms with Gasteiger partial charge in [-0.1, -0.05) is 83.5 Å². The van der Waals surface area contributed by atoms with E-state index in [1.807, 2.05) is 20.8 Å². The van der Waals surface area contributed by atoms with Gasteiger partial charge in [0.25, 0.3) is 35.4 Å². The molecule has 6 amide bonds. The van der Waals surface area contributed by atoms with E-state index in [2.05, 4.69) is 57.2 Å². The maximum Gasteiger partial charge on any atom is 0.276 e. The first-order chi connectivity index (χ1) is 61.6. The van der Waals surface area contributed by atoms with Crippen LogP contribution in [0.15, 0.2) is 233 Å². The quantitative estimate of drug-likeness (QED) is 0.0196. The lowest BCUT2D eigenvalue weighted by Crippen LogP contribution is -2.38. The lowest BCUT2D eigenvalue weighted by molar-refractivity contribution is -0.114. The second kappa shape index (κ2) is 41.9. The Morgan fingerprint density at radius 1 is 0.406 bits per heavy atom. The highest BCUT2D eigenvalue weighted by molar-refractivity contribution is 6.66. The summed E-state index contributed by atoms with van der Waals surface area (Å²) in [6.45, 7) is 22.6. The number of nitrogens with zero attached hydrogens (tertiary/aromatic N) is 9. The molecule has 0 spiro atoms. The number of nitrogens with one attached hydrogen (secondary N) is 6. The molecule has 28 nitrogen and oxygen atoms in total. The summed E-state index contributed by atoms with van der Waals surface area (Å²) in [7, 11) is 4.53. The molecule has 15 rings (SSSR count). The molecule has 658 valence electrons. The number of carbonyl (C=O) groups is 10. The third-order valence-corrected chi connectivity index (χ3v) is 21.6. The number of methoxy groups -OCH3 is 3. The summed E-state index contributed by atoms with van der Waals surface area (Å²) in [5.41, 5.74) is 12.2. The average Bonchev–Trinajstić information content (AvgIpc) is 1.62. The van der Waals surface area contributed by atoms with Gasteiger partial charge in [-0.15, -0.1) is 0 Å². The van der Waals surface area contributed by atoms with Gasteiger partial charge in [0.15, 0.2) is 34.4 Å². The van der Waals surface area contributed by atoms with Gasteiger partial charge in [0.05, 0.1) is 60.6 Å². The van der Waals surface area contributed by atoms with Crippen LogP contribution >= 0.6 is 11.6 Å². The molecule has 6 aromatic heterocycles. The summed E-state index contributed by atoms with van der Waals surface area (Å²) < 4.78 is 62.0. The number of allylic oxidation sites excluding steroid dienone is 4. The third-order valence-electron chi connectivity index (χ3n) is 21.5. The number of hydrogen-bond acceptors (Lipinski definition) is 16. The van der Waals surface area contributed by atoms with Gasteiger partial charge >= 0.3 is 0 Å². The van der Waals surface area contributed by atoms with Crippen molar-refractivity contribution in [1.82, 2.24) is 59.0 Å². The molecule has 128 heavy (non-hydrogen) atoms. The van der Waals surface area contributed by atoms with Crippen molar-refractivity contribution in [3.8, 4) is 17.2 Å². The zero-order chi connectivity index (χ0) is 91.6. The average molecular weight is 1760 g/mol. The molecule has 0 fully saturated rings. The Hall–Kier alpha value is -15.3. The number of fused-ring (bicyclic) bond motifs is 3. The lowest BCUT2D eigenvalue weighted by atomic mass is 9.95. The van der Waals surface area contributed by atoms with Crippen LogP contribution in [0.5, 0.6) is 17.2 Å². The Morgan fingerprint density at radius 2 is 0.664 bits per heavy atom. The number of rotatable bonds is 28. The molecule has 0 saturated carbocycles. The smallest absolute Gasteiger partial charge is 0.276 e. The van der Waals surface area contributed by atoms with Crippen molar-refractivity contribution in [1.29, 1.82) is 0 Å². The van der Waals surface area contributed by atoms with Crippen LogP contribution in [0.25, 0.3) is 0 Å². The molecule has 1 unspecified atom stereocenters. The normalized spacial score (nSPS) is 14.0. The second-order valence-corrected chi connectivity index (χ2v) is 30.9. The van der Waals surface area contributed by atoms with Crippen LogP contribution in [0.1, 0.15) is 169 Å². The number of benzene rings is 6. The van der Waals surface area contributed by atoms with Crippen molar-refractivity contribution in [3.05, 3.63) is 352 Å². The highest BCUT2D eigenvalue weighted by atomic mass is 35.5. The Balaban J connectivity index is 0.000000169. The van der Waals surface area contributed by atoms with E-state index < -0.39 is 23.0 Å². The van der Waals surface area contributed by atoms with Crippen molar-refractivity contribution < 1.29 is 75.3 Å². The van der Waals surface area contributed by atoms with E-state index >= 15 is 0 Å². The largest absolute Gasteiger partial charge is 0.496 e. The molecule has 32 heteroatoms. The maximum atomic E-state index is 13.7. The van der Waals surface area contributed by atoms with E-state index in [0.717, 1.165) is 39.8 Å². The van der Waals surface area contributed by atoms with Crippen LogP contribution in [-0.2, 0) is 77.7 Å². The van der Waals surface area contributed by atoms with Crippen LogP contribution < -0.4 is 30.2 Å². The molecule has 6 aromatic carbocycles. The molecule has 0 bridgehead atoms. The molecule has 0 radical (unpaired) electrons. The van der Waals surface area contributed by atoms with Gasteiger partial charge in [-0.3, -0.25) is 62.0 Å². The van der Waals surface area contributed by atoms with Crippen LogP contribution in [-0.4, -0.2) is 158 Å². The van der Waals surface area contributed by atoms with Gasteiger partial charge in [0.1, 0.15) is 51.8 Å². The van der Waals surface area contributed by atoms with Gasteiger partial charge < -0.3 is 59.8 Å². The Bertz CT molecular complexity index is 5580. The summed E-state index contributed by atoms with van der Waals surface area (Å²) in [6, 6.07) is 44.0. The number of aromatic nitrogens is 9.